The van der Waals surface area contributed by atoms with E-state index < -0.39 is 5.60 Å². The Hall–Kier alpha value is -1.00. The Labute approximate surface area is 126 Å². The number of amides is 1. The maximum atomic E-state index is 12.3. The number of carbonyl (C=O) groups excluding carboxylic acids is 1. The fourth-order valence-corrected chi connectivity index (χ4v) is 2.79. The molecule has 0 fully saturated rings. The zero-order chi connectivity index (χ0) is 15.4. The zero-order valence-electron chi connectivity index (χ0n) is 13.0. The predicted octanol–water partition coefficient (Wildman–Crippen LogP) is 2.83. The lowest BCUT2D eigenvalue weighted by Crippen LogP contribution is -2.42. The van der Waals surface area contributed by atoms with Crippen molar-refractivity contribution in [3.8, 4) is 0 Å². The van der Waals surface area contributed by atoms with Crippen molar-refractivity contribution in [2.24, 2.45) is 0 Å². The predicted molar refractivity (Wildman–Crippen MR) is 86.5 cm³/mol. The summed E-state index contributed by atoms with van der Waals surface area (Å²) in [5, 5.41) is 12.9. The number of hydrogen-bond acceptors (Lipinski definition) is 3. The van der Waals surface area contributed by atoms with Crippen molar-refractivity contribution >= 4 is 17.7 Å². The standard InChI is InChI=1S/C16H25NO2S/c1-15(2,3)13-9-7-6-8-12(13)14(18)17-10-16(4,19)11-20-5/h6-9,19H,10-11H2,1-5H3,(H,17,18). The molecule has 1 amide bonds. The van der Waals surface area contributed by atoms with Crippen LogP contribution >= 0.6 is 11.8 Å². The van der Waals surface area contributed by atoms with Crippen LogP contribution in [0.5, 0.6) is 0 Å². The van der Waals surface area contributed by atoms with Gasteiger partial charge in [0.1, 0.15) is 0 Å². The van der Waals surface area contributed by atoms with Crippen LogP contribution in [0.15, 0.2) is 24.3 Å². The van der Waals surface area contributed by atoms with Crippen molar-refractivity contribution < 1.29 is 9.90 Å². The maximum Gasteiger partial charge on any atom is 0.251 e. The summed E-state index contributed by atoms with van der Waals surface area (Å²) in [4.78, 5) is 12.3. The zero-order valence-corrected chi connectivity index (χ0v) is 13.8. The molecule has 0 aliphatic rings. The van der Waals surface area contributed by atoms with E-state index in [-0.39, 0.29) is 17.9 Å². The van der Waals surface area contributed by atoms with Crippen LogP contribution in [0.1, 0.15) is 43.6 Å². The first-order valence-electron chi connectivity index (χ1n) is 6.76. The first-order valence-corrected chi connectivity index (χ1v) is 8.16. The van der Waals surface area contributed by atoms with Gasteiger partial charge in [-0.1, -0.05) is 39.0 Å². The van der Waals surface area contributed by atoms with Crippen LogP contribution in [0.2, 0.25) is 0 Å². The lowest BCUT2D eigenvalue weighted by atomic mass is 9.83. The Kier molecular flexibility index (Phi) is 5.66. The van der Waals surface area contributed by atoms with E-state index in [0.29, 0.717) is 11.3 Å². The molecule has 0 radical (unpaired) electrons. The van der Waals surface area contributed by atoms with Gasteiger partial charge in [-0.25, -0.2) is 0 Å². The van der Waals surface area contributed by atoms with E-state index in [0.717, 1.165) is 5.56 Å². The number of carbonyl (C=O) groups is 1. The van der Waals surface area contributed by atoms with Crippen molar-refractivity contribution in [1.29, 1.82) is 0 Å². The van der Waals surface area contributed by atoms with Crippen molar-refractivity contribution in [1.82, 2.24) is 5.32 Å². The highest BCUT2D eigenvalue weighted by molar-refractivity contribution is 7.98. The highest BCUT2D eigenvalue weighted by Gasteiger charge is 2.24. The fraction of sp³-hybridized carbons (Fsp3) is 0.562. The summed E-state index contributed by atoms with van der Waals surface area (Å²) in [5.74, 6) is 0.464. The first-order chi connectivity index (χ1) is 9.17. The van der Waals surface area contributed by atoms with E-state index in [1.807, 2.05) is 30.5 Å². The van der Waals surface area contributed by atoms with E-state index in [1.165, 1.54) is 0 Å². The van der Waals surface area contributed by atoms with Gasteiger partial charge in [0.2, 0.25) is 0 Å². The number of hydrogen-bond donors (Lipinski definition) is 2. The minimum absolute atomic E-state index is 0.0876. The maximum absolute atomic E-state index is 12.3. The van der Waals surface area contributed by atoms with Gasteiger partial charge in [0, 0.05) is 17.9 Å². The Morgan fingerprint density at radius 2 is 1.85 bits per heavy atom. The molecule has 1 aromatic rings. The Morgan fingerprint density at radius 1 is 1.25 bits per heavy atom. The second-order valence-corrected chi connectivity index (χ2v) is 7.27. The van der Waals surface area contributed by atoms with Gasteiger partial charge in [-0.05, 0) is 30.2 Å². The van der Waals surface area contributed by atoms with Crippen molar-refractivity contribution in [3.05, 3.63) is 35.4 Å². The van der Waals surface area contributed by atoms with E-state index in [4.69, 9.17) is 0 Å². The van der Waals surface area contributed by atoms with E-state index in [9.17, 15) is 9.90 Å². The third-order valence-corrected chi connectivity index (χ3v) is 3.98. The highest BCUT2D eigenvalue weighted by Crippen LogP contribution is 2.25. The summed E-state index contributed by atoms with van der Waals surface area (Å²) in [6.45, 7) is 8.25. The van der Waals surface area contributed by atoms with Gasteiger partial charge < -0.3 is 10.4 Å². The molecule has 1 unspecified atom stereocenters. The molecule has 2 N–H and O–H groups in total. The largest absolute Gasteiger partial charge is 0.387 e. The third-order valence-electron chi connectivity index (χ3n) is 3.06. The van der Waals surface area contributed by atoms with Gasteiger partial charge in [0.05, 0.1) is 5.60 Å². The summed E-state index contributed by atoms with van der Waals surface area (Å²) in [6.07, 6.45) is 1.94. The molecule has 20 heavy (non-hydrogen) atoms. The second-order valence-electron chi connectivity index (χ2n) is 6.41. The average Bonchev–Trinajstić information content (AvgIpc) is 2.35. The number of rotatable bonds is 5. The van der Waals surface area contributed by atoms with Crippen LogP contribution < -0.4 is 5.32 Å². The molecule has 0 saturated heterocycles. The normalized spacial score (nSPS) is 14.7. The van der Waals surface area contributed by atoms with Gasteiger partial charge in [-0.3, -0.25) is 4.79 Å². The SMILES string of the molecule is CSCC(C)(O)CNC(=O)c1ccccc1C(C)(C)C. The van der Waals surface area contributed by atoms with Crippen LogP contribution in [0.3, 0.4) is 0 Å². The highest BCUT2D eigenvalue weighted by atomic mass is 32.2. The van der Waals surface area contributed by atoms with E-state index in [2.05, 4.69) is 26.1 Å². The van der Waals surface area contributed by atoms with Crippen molar-refractivity contribution in [2.75, 3.05) is 18.6 Å². The molecule has 3 nitrogen and oxygen atoms in total. The molecule has 0 heterocycles. The summed E-state index contributed by atoms with van der Waals surface area (Å²) >= 11 is 1.56. The first kappa shape index (κ1) is 17.1. The van der Waals surface area contributed by atoms with Gasteiger partial charge in [-0.2, -0.15) is 11.8 Å². The number of nitrogens with one attached hydrogen (secondary N) is 1. The molecule has 0 bridgehead atoms. The molecule has 0 aliphatic carbocycles. The van der Waals surface area contributed by atoms with Gasteiger partial charge in [0.25, 0.3) is 5.91 Å². The third kappa shape index (κ3) is 4.84. The van der Waals surface area contributed by atoms with Gasteiger partial charge in [-0.15, -0.1) is 0 Å². The number of aliphatic hydroxyl groups is 1. The van der Waals surface area contributed by atoms with Crippen LogP contribution in [0, 0.1) is 0 Å². The molecular weight excluding hydrogens is 270 g/mol. The Bertz CT molecular complexity index is 464. The second kappa shape index (κ2) is 6.64. The molecule has 0 spiro atoms. The molecule has 1 atom stereocenters. The molecule has 4 heteroatoms. The van der Waals surface area contributed by atoms with Crippen LogP contribution in [0.4, 0.5) is 0 Å². The molecule has 0 saturated carbocycles. The summed E-state index contributed by atoms with van der Waals surface area (Å²) in [6, 6.07) is 7.62. The van der Waals surface area contributed by atoms with E-state index in [1.54, 1.807) is 18.7 Å². The minimum Gasteiger partial charge on any atom is -0.387 e. The lowest BCUT2D eigenvalue weighted by Gasteiger charge is -2.25. The molecular formula is C16H25NO2S. The van der Waals surface area contributed by atoms with Crippen LogP contribution in [-0.2, 0) is 5.41 Å². The molecule has 1 aromatic carbocycles. The summed E-state index contributed by atoms with van der Waals surface area (Å²) in [5.41, 5.74) is 0.726. The smallest absolute Gasteiger partial charge is 0.251 e. The minimum atomic E-state index is -0.883. The topological polar surface area (TPSA) is 49.3 Å². The Morgan fingerprint density at radius 3 is 2.40 bits per heavy atom. The molecule has 1 rings (SSSR count). The van der Waals surface area contributed by atoms with E-state index >= 15 is 0 Å². The van der Waals surface area contributed by atoms with Gasteiger partial charge >= 0.3 is 0 Å². The number of thioether (sulfide) groups is 1. The quantitative estimate of drug-likeness (QED) is 0.878. The monoisotopic (exact) mass is 295 g/mol. The van der Waals surface area contributed by atoms with Crippen molar-refractivity contribution in [3.63, 3.8) is 0 Å². The van der Waals surface area contributed by atoms with Crippen LogP contribution in [-0.4, -0.2) is 35.2 Å². The average molecular weight is 295 g/mol. The van der Waals surface area contributed by atoms with Crippen molar-refractivity contribution in [2.45, 2.75) is 38.7 Å². The number of benzene rings is 1. The molecule has 0 aliphatic heterocycles. The molecule has 0 aromatic heterocycles. The summed E-state index contributed by atoms with van der Waals surface area (Å²) < 4.78 is 0. The Balaban J connectivity index is 2.84. The molecule has 112 valence electrons. The lowest BCUT2D eigenvalue weighted by molar-refractivity contribution is 0.0724. The summed E-state index contributed by atoms with van der Waals surface area (Å²) in [7, 11) is 0. The van der Waals surface area contributed by atoms with Crippen LogP contribution in [0.25, 0.3) is 0 Å². The fourth-order valence-electron chi connectivity index (χ4n) is 2.06. The van der Waals surface area contributed by atoms with Gasteiger partial charge in [0.15, 0.2) is 0 Å².